The molecule has 6 nitrogen and oxygen atoms in total. The van der Waals surface area contributed by atoms with Gasteiger partial charge in [-0.3, -0.25) is 9.69 Å². The lowest BCUT2D eigenvalue weighted by atomic mass is 10.0. The molecule has 24 heavy (non-hydrogen) atoms. The summed E-state index contributed by atoms with van der Waals surface area (Å²) in [7, 11) is 3.80. The molecule has 0 bridgehead atoms. The van der Waals surface area contributed by atoms with E-state index in [4.69, 9.17) is 11.6 Å². The summed E-state index contributed by atoms with van der Waals surface area (Å²) in [5.41, 5.74) is 1.12. The molecule has 0 spiro atoms. The van der Waals surface area contributed by atoms with E-state index in [0.29, 0.717) is 17.0 Å². The Bertz CT molecular complexity index is 737. The summed E-state index contributed by atoms with van der Waals surface area (Å²) in [5, 5.41) is 0.552. The normalized spacial score (nSPS) is 16.3. The minimum absolute atomic E-state index is 0.0435. The second-order valence-corrected chi connectivity index (χ2v) is 6.74. The predicted molar refractivity (Wildman–Crippen MR) is 95.4 cm³/mol. The van der Waals surface area contributed by atoms with Gasteiger partial charge in [-0.15, -0.1) is 0 Å². The summed E-state index contributed by atoms with van der Waals surface area (Å²) < 4.78 is 1.59. The summed E-state index contributed by atoms with van der Waals surface area (Å²) in [6, 6.07) is 4.16. The number of likely N-dealkylation sites (tertiary alicyclic amines) is 1. The van der Waals surface area contributed by atoms with Crippen molar-refractivity contribution in [1.82, 2.24) is 19.4 Å². The molecular weight excluding hydrogens is 326 g/mol. The Morgan fingerprint density at radius 3 is 2.58 bits per heavy atom. The van der Waals surface area contributed by atoms with Gasteiger partial charge in [0.1, 0.15) is 0 Å². The number of pyridine rings is 1. The molecule has 0 aromatic carbocycles. The van der Waals surface area contributed by atoms with E-state index in [1.165, 1.54) is 0 Å². The average Bonchev–Trinajstić information content (AvgIpc) is 2.59. The van der Waals surface area contributed by atoms with Crippen LogP contribution >= 0.6 is 11.6 Å². The number of hydrogen-bond acceptors (Lipinski definition) is 5. The Balaban J connectivity index is 1.56. The van der Waals surface area contributed by atoms with Crippen molar-refractivity contribution in [1.29, 1.82) is 0 Å². The van der Waals surface area contributed by atoms with E-state index in [2.05, 4.69) is 19.8 Å². The number of halogens is 1. The van der Waals surface area contributed by atoms with Gasteiger partial charge in [0.25, 0.3) is 5.56 Å². The van der Waals surface area contributed by atoms with Crippen LogP contribution in [-0.4, -0.2) is 45.6 Å². The van der Waals surface area contributed by atoms with E-state index in [0.717, 1.165) is 38.0 Å². The SMILES string of the molecule is CN(c1ncc(Cl)cn1)C1CCN(Cc2ccn(C)c(=O)c2)CC1. The van der Waals surface area contributed by atoms with Gasteiger partial charge in [-0.25, -0.2) is 9.97 Å². The molecule has 0 radical (unpaired) electrons. The van der Waals surface area contributed by atoms with Gasteiger partial charge in [-0.2, -0.15) is 0 Å². The summed E-state index contributed by atoms with van der Waals surface area (Å²) in [4.78, 5) is 24.8. The Labute approximate surface area is 146 Å². The minimum Gasteiger partial charge on any atom is -0.341 e. The molecule has 128 valence electrons. The van der Waals surface area contributed by atoms with Crippen LogP contribution in [0, 0.1) is 0 Å². The minimum atomic E-state index is 0.0435. The van der Waals surface area contributed by atoms with Gasteiger partial charge in [0.05, 0.1) is 17.4 Å². The number of aryl methyl sites for hydroxylation is 1. The van der Waals surface area contributed by atoms with E-state index < -0.39 is 0 Å². The second-order valence-electron chi connectivity index (χ2n) is 6.30. The van der Waals surface area contributed by atoms with Crippen molar-refractivity contribution < 1.29 is 0 Å². The molecule has 3 rings (SSSR count). The maximum absolute atomic E-state index is 11.7. The molecule has 3 heterocycles. The van der Waals surface area contributed by atoms with Crippen LogP contribution in [0.5, 0.6) is 0 Å². The smallest absolute Gasteiger partial charge is 0.250 e. The number of piperidine rings is 1. The molecule has 1 aliphatic rings. The van der Waals surface area contributed by atoms with Crippen LogP contribution in [-0.2, 0) is 13.6 Å². The fraction of sp³-hybridized carbons (Fsp3) is 0.471. The third-order valence-electron chi connectivity index (χ3n) is 4.60. The Morgan fingerprint density at radius 2 is 1.96 bits per heavy atom. The van der Waals surface area contributed by atoms with Crippen molar-refractivity contribution >= 4 is 17.5 Å². The summed E-state index contributed by atoms with van der Waals surface area (Å²) in [6.07, 6.45) is 7.19. The molecule has 0 aliphatic carbocycles. The zero-order valence-corrected chi connectivity index (χ0v) is 14.8. The lowest BCUT2D eigenvalue weighted by Gasteiger charge is -2.36. The molecule has 0 atom stereocenters. The standard InChI is InChI=1S/C17H22ClN5O/c1-21-6-3-13(9-16(21)24)12-23-7-4-15(5-8-23)22(2)17-19-10-14(18)11-20-17/h3,6,9-11,15H,4-5,7-8,12H2,1-2H3. The number of aromatic nitrogens is 3. The van der Waals surface area contributed by atoms with Gasteiger partial charge in [0.15, 0.2) is 0 Å². The Kier molecular flexibility index (Phi) is 5.16. The second kappa shape index (κ2) is 7.32. The Hall–Kier alpha value is -1.92. The summed E-state index contributed by atoms with van der Waals surface area (Å²) >= 11 is 5.85. The largest absolute Gasteiger partial charge is 0.341 e. The number of anilines is 1. The van der Waals surface area contributed by atoms with Crippen LogP contribution < -0.4 is 10.5 Å². The summed E-state index contributed by atoms with van der Waals surface area (Å²) in [5.74, 6) is 0.712. The first-order valence-corrected chi connectivity index (χ1v) is 8.49. The van der Waals surface area contributed by atoms with Gasteiger partial charge in [0.2, 0.25) is 5.95 Å². The molecular formula is C17H22ClN5O. The topological polar surface area (TPSA) is 54.3 Å². The molecule has 2 aromatic heterocycles. The van der Waals surface area contributed by atoms with Crippen molar-refractivity contribution in [2.24, 2.45) is 7.05 Å². The number of nitrogens with zero attached hydrogens (tertiary/aromatic N) is 5. The van der Waals surface area contributed by atoms with Crippen LogP contribution in [0.4, 0.5) is 5.95 Å². The first-order chi connectivity index (χ1) is 11.5. The first-order valence-electron chi connectivity index (χ1n) is 8.11. The fourth-order valence-corrected chi connectivity index (χ4v) is 3.16. The highest BCUT2D eigenvalue weighted by atomic mass is 35.5. The van der Waals surface area contributed by atoms with Crippen LogP contribution in [0.2, 0.25) is 5.02 Å². The van der Waals surface area contributed by atoms with Crippen LogP contribution in [0.15, 0.2) is 35.5 Å². The molecule has 7 heteroatoms. The molecule has 1 saturated heterocycles. The molecule has 0 unspecified atom stereocenters. The Morgan fingerprint density at radius 1 is 1.29 bits per heavy atom. The van der Waals surface area contributed by atoms with E-state index >= 15 is 0 Å². The molecule has 0 amide bonds. The molecule has 0 saturated carbocycles. The molecule has 2 aromatic rings. The van der Waals surface area contributed by atoms with E-state index in [9.17, 15) is 4.79 Å². The molecule has 0 N–H and O–H groups in total. The third-order valence-corrected chi connectivity index (χ3v) is 4.80. The highest BCUT2D eigenvalue weighted by Gasteiger charge is 2.24. The van der Waals surface area contributed by atoms with Gasteiger partial charge < -0.3 is 9.47 Å². The van der Waals surface area contributed by atoms with Crippen LogP contribution in [0.25, 0.3) is 0 Å². The monoisotopic (exact) mass is 347 g/mol. The van der Waals surface area contributed by atoms with E-state index in [-0.39, 0.29) is 5.56 Å². The third kappa shape index (κ3) is 3.94. The van der Waals surface area contributed by atoms with E-state index in [1.807, 2.05) is 19.3 Å². The van der Waals surface area contributed by atoms with Crippen molar-refractivity contribution in [3.63, 3.8) is 0 Å². The van der Waals surface area contributed by atoms with Gasteiger partial charge in [0, 0.05) is 52.0 Å². The zero-order chi connectivity index (χ0) is 17.1. The van der Waals surface area contributed by atoms with Crippen molar-refractivity contribution in [3.05, 3.63) is 51.7 Å². The highest BCUT2D eigenvalue weighted by Crippen LogP contribution is 2.20. The van der Waals surface area contributed by atoms with E-state index in [1.54, 1.807) is 30.1 Å². The summed E-state index contributed by atoms with van der Waals surface area (Å²) in [6.45, 7) is 2.82. The number of rotatable bonds is 4. The molecule has 1 aliphatic heterocycles. The van der Waals surface area contributed by atoms with Crippen LogP contribution in [0.1, 0.15) is 18.4 Å². The first kappa shape index (κ1) is 16.9. The van der Waals surface area contributed by atoms with Crippen molar-refractivity contribution in [3.8, 4) is 0 Å². The number of hydrogen-bond donors (Lipinski definition) is 0. The van der Waals surface area contributed by atoms with Crippen molar-refractivity contribution in [2.45, 2.75) is 25.4 Å². The predicted octanol–water partition coefficient (Wildman–Crippen LogP) is 1.93. The highest BCUT2D eigenvalue weighted by molar-refractivity contribution is 6.30. The van der Waals surface area contributed by atoms with Crippen LogP contribution in [0.3, 0.4) is 0 Å². The lowest BCUT2D eigenvalue weighted by Crippen LogP contribution is -2.43. The van der Waals surface area contributed by atoms with Crippen molar-refractivity contribution in [2.75, 3.05) is 25.0 Å². The van der Waals surface area contributed by atoms with Gasteiger partial charge in [-0.1, -0.05) is 11.6 Å². The molecule has 1 fully saturated rings. The van der Waals surface area contributed by atoms with Gasteiger partial charge >= 0.3 is 0 Å². The van der Waals surface area contributed by atoms with Gasteiger partial charge in [-0.05, 0) is 24.5 Å². The maximum atomic E-state index is 11.7. The quantitative estimate of drug-likeness (QED) is 0.846. The fourth-order valence-electron chi connectivity index (χ4n) is 3.06. The average molecular weight is 348 g/mol. The lowest BCUT2D eigenvalue weighted by molar-refractivity contribution is 0.202. The maximum Gasteiger partial charge on any atom is 0.250 e. The zero-order valence-electron chi connectivity index (χ0n) is 14.0.